The van der Waals surface area contributed by atoms with Gasteiger partial charge in [-0.05, 0) is 37.6 Å². The second kappa shape index (κ2) is 6.28. The summed E-state index contributed by atoms with van der Waals surface area (Å²) >= 11 is 5.67. The van der Waals surface area contributed by atoms with E-state index in [0.717, 1.165) is 0 Å². The lowest BCUT2D eigenvalue weighted by Gasteiger charge is -2.34. The summed E-state index contributed by atoms with van der Waals surface area (Å²) < 4.78 is 10.4. The Morgan fingerprint density at radius 3 is 2.80 bits per heavy atom. The summed E-state index contributed by atoms with van der Waals surface area (Å²) in [7, 11) is 0. The van der Waals surface area contributed by atoms with Crippen LogP contribution in [0.1, 0.15) is 24.4 Å². The molecule has 1 unspecified atom stereocenters. The van der Waals surface area contributed by atoms with Gasteiger partial charge in [0.2, 0.25) is 5.91 Å². The third-order valence-electron chi connectivity index (χ3n) is 2.91. The number of halogens is 1. The quantitative estimate of drug-likeness (QED) is 0.913. The molecule has 2 rings (SSSR count). The first-order valence-corrected chi connectivity index (χ1v) is 6.81. The topological polar surface area (TPSA) is 71.8 Å². The molecular weight excluding hydrogens is 284 g/mol. The molecule has 1 aliphatic rings. The fourth-order valence-corrected chi connectivity index (χ4v) is 2.16. The van der Waals surface area contributed by atoms with E-state index in [-0.39, 0.29) is 35.4 Å². The average molecular weight is 301 g/mol. The molecule has 1 fully saturated rings. The molecule has 0 aliphatic carbocycles. The summed E-state index contributed by atoms with van der Waals surface area (Å²) in [5.74, 6) is -0.464. The van der Waals surface area contributed by atoms with Crippen molar-refractivity contribution in [3.8, 4) is 0 Å². The number of amides is 2. The highest BCUT2D eigenvalue weighted by molar-refractivity contribution is 6.29. The maximum atomic E-state index is 12.4. The van der Waals surface area contributed by atoms with Gasteiger partial charge in [-0.15, -0.1) is 0 Å². The molecule has 2 amide bonds. The van der Waals surface area contributed by atoms with Crippen LogP contribution in [0.15, 0.2) is 16.5 Å². The molecule has 1 aromatic rings. The molecule has 20 heavy (non-hydrogen) atoms. The highest BCUT2D eigenvalue weighted by Gasteiger charge is 2.34. The summed E-state index contributed by atoms with van der Waals surface area (Å²) in [4.78, 5) is 25.9. The number of rotatable bonds is 3. The lowest BCUT2D eigenvalue weighted by Crippen LogP contribution is -2.56. The van der Waals surface area contributed by atoms with Crippen LogP contribution in [0.5, 0.6) is 0 Å². The summed E-state index contributed by atoms with van der Waals surface area (Å²) in [6, 6.07) is 2.35. The van der Waals surface area contributed by atoms with Gasteiger partial charge in [0.15, 0.2) is 11.0 Å². The van der Waals surface area contributed by atoms with Crippen LogP contribution in [-0.4, -0.2) is 48.6 Å². The number of hydrogen-bond acceptors (Lipinski definition) is 4. The number of nitrogens with zero attached hydrogens (tertiary/aromatic N) is 1. The van der Waals surface area contributed by atoms with Crippen molar-refractivity contribution in [2.24, 2.45) is 0 Å². The predicted octanol–water partition coefficient (Wildman–Crippen LogP) is 1.30. The molecule has 7 heteroatoms. The van der Waals surface area contributed by atoms with Crippen LogP contribution in [0.25, 0.3) is 0 Å². The van der Waals surface area contributed by atoms with Gasteiger partial charge < -0.3 is 19.4 Å². The smallest absolute Gasteiger partial charge is 0.290 e. The van der Waals surface area contributed by atoms with Gasteiger partial charge in [-0.1, -0.05) is 0 Å². The predicted molar refractivity (Wildman–Crippen MR) is 72.6 cm³/mol. The standard InChI is InChI=1S/C13H17ClN2O4/c1-8(2)15-12(17)9-7-19-6-5-16(9)13(18)10-3-4-11(14)20-10/h3-4,8-9H,5-7H2,1-2H3,(H,15,17). The minimum absolute atomic E-state index is 0.000522. The van der Waals surface area contributed by atoms with Gasteiger partial charge in [0, 0.05) is 12.6 Å². The average Bonchev–Trinajstić information content (AvgIpc) is 2.84. The maximum Gasteiger partial charge on any atom is 0.290 e. The first kappa shape index (κ1) is 14.9. The number of morpholine rings is 1. The highest BCUT2D eigenvalue weighted by atomic mass is 35.5. The monoisotopic (exact) mass is 300 g/mol. The van der Waals surface area contributed by atoms with E-state index in [1.165, 1.54) is 17.0 Å². The van der Waals surface area contributed by atoms with Gasteiger partial charge in [0.25, 0.3) is 5.91 Å². The highest BCUT2D eigenvalue weighted by Crippen LogP contribution is 2.18. The van der Waals surface area contributed by atoms with Crippen molar-refractivity contribution < 1.29 is 18.7 Å². The number of nitrogens with one attached hydrogen (secondary N) is 1. The second-order valence-corrected chi connectivity index (χ2v) is 5.23. The Morgan fingerprint density at radius 1 is 1.45 bits per heavy atom. The van der Waals surface area contributed by atoms with Crippen molar-refractivity contribution in [2.75, 3.05) is 19.8 Å². The third-order valence-corrected chi connectivity index (χ3v) is 3.11. The van der Waals surface area contributed by atoms with E-state index in [4.69, 9.17) is 20.8 Å². The van der Waals surface area contributed by atoms with Crippen LogP contribution in [0.3, 0.4) is 0 Å². The minimum Gasteiger partial charge on any atom is -0.440 e. The largest absolute Gasteiger partial charge is 0.440 e. The summed E-state index contributed by atoms with van der Waals surface area (Å²) in [6.07, 6.45) is 0. The number of ether oxygens (including phenoxy) is 1. The van der Waals surface area contributed by atoms with Crippen LogP contribution in [0.4, 0.5) is 0 Å². The fraction of sp³-hybridized carbons (Fsp3) is 0.538. The zero-order chi connectivity index (χ0) is 14.7. The van der Waals surface area contributed by atoms with Gasteiger partial charge in [0.05, 0.1) is 13.2 Å². The van der Waals surface area contributed by atoms with Crippen molar-refractivity contribution in [3.05, 3.63) is 23.1 Å². The molecule has 1 aromatic heterocycles. The van der Waals surface area contributed by atoms with Crippen molar-refractivity contribution in [3.63, 3.8) is 0 Å². The summed E-state index contributed by atoms with van der Waals surface area (Å²) in [5.41, 5.74) is 0. The first-order chi connectivity index (χ1) is 9.49. The molecule has 1 atom stereocenters. The van der Waals surface area contributed by atoms with Gasteiger partial charge in [-0.3, -0.25) is 9.59 Å². The number of carbonyl (C=O) groups is 2. The van der Waals surface area contributed by atoms with Gasteiger partial charge in [-0.25, -0.2) is 0 Å². The fourth-order valence-electron chi connectivity index (χ4n) is 2.02. The van der Waals surface area contributed by atoms with Crippen molar-refractivity contribution in [1.82, 2.24) is 10.2 Å². The summed E-state index contributed by atoms with van der Waals surface area (Å²) in [5, 5.41) is 2.93. The number of furan rings is 1. The SMILES string of the molecule is CC(C)NC(=O)C1COCCN1C(=O)c1ccc(Cl)o1. The molecule has 110 valence electrons. The van der Waals surface area contributed by atoms with Gasteiger partial charge >= 0.3 is 0 Å². The molecule has 2 heterocycles. The molecule has 0 spiro atoms. The molecule has 1 aliphatic heterocycles. The maximum absolute atomic E-state index is 12.4. The molecular formula is C13H17ClN2O4. The number of carbonyl (C=O) groups excluding carboxylic acids is 2. The lowest BCUT2D eigenvalue weighted by atomic mass is 10.2. The van der Waals surface area contributed by atoms with Crippen LogP contribution in [0.2, 0.25) is 5.22 Å². The van der Waals surface area contributed by atoms with Crippen molar-refractivity contribution in [2.45, 2.75) is 25.9 Å². The van der Waals surface area contributed by atoms with E-state index in [1.807, 2.05) is 13.8 Å². The van der Waals surface area contributed by atoms with E-state index in [9.17, 15) is 9.59 Å². The van der Waals surface area contributed by atoms with E-state index in [0.29, 0.717) is 13.2 Å². The summed E-state index contributed by atoms with van der Waals surface area (Å²) in [6.45, 7) is 4.64. The van der Waals surface area contributed by atoms with Crippen LogP contribution < -0.4 is 5.32 Å². The normalized spacial score (nSPS) is 19.2. The zero-order valence-corrected chi connectivity index (χ0v) is 12.1. The van der Waals surface area contributed by atoms with Crippen LogP contribution in [0, 0.1) is 0 Å². The Morgan fingerprint density at radius 2 is 2.20 bits per heavy atom. The molecule has 1 saturated heterocycles. The van der Waals surface area contributed by atoms with Crippen LogP contribution >= 0.6 is 11.6 Å². The Kier molecular flexibility index (Phi) is 4.67. The number of hydrogen-bond donors (Lipinski definition) is 1. The third kappa shape index (κ3) is 3.32. The Labute approximate surface area is 122 Å². The lowest BCUT2D eigenvalue weighted by molar-refractivity contribution is -0.131. The van der Waals surface area contributed by atoms with Crippen molar-refractivity contribution >= 4 is 23.4 Å². The molecule has 6 nitrogen and oxygen atoms in total. The Balaban J connectivity index is 2.14. The van der Waals surface area contributed by atoms with E-state index < -0.39 is 6.04 Å². The van der Waals surface area contributed by atoms with Crippen LogP contribution in [-0.2, 0) is 9.53 Å². The second-order valence-electron chi connectivity index (χ2n) is 4.86. The molecule has 0 radical (unpaired) electrons. The van der Waals surface area contributed by atoms with E-state index in [1.54, 1.807) is 0 Å². The van der Waals surface area contributed by atoms with Gasteiger partial charge in [-0.2, -0.15) is 0 Å². The van der Waals surface area contributed by atoms with Gasteiger partial charge in [0.1, 0.15) is 6.04 Å². The molecule has 1 N–H and O–H groups in total. The molecule has 0 bridgehead atoms. The Bertz CT molecular complexity index is 500. The zero-order valence-electron chi connectivity index (χ0n) is 11.4. The molecule has 0 saturated carbocycles. The molecule has 0 aromatic carbocycles. The first-order valence-electron chi connectivity index (χ1n) is 6.43. The van der Waals surface area contributed by atoms with E-state index >= 15 is 0 Å². The Hall–Kier alpha value is -1.53. The van der Waals surface area contributed by atoms with Crippen molar-refractivity contribution in [1.29, 1.82) is 0 Å². The minimum atomic E-state index is -0.650. The van der Waals surface area contributed by atoms with E-state index in [2.05, 4.69) is 5.32 Å².